The van der Waals surface area contributed by atoms with Crippen LogP contribution in [0.2, 0.25) is 0 Å². The normalized spacial score (nSPS) is 19.2. The second-order valence-electron chi connectivity index (χ2n) is 14.6. The highest BCUT2D eigenvalue weighted by atomic mass is 16.6. The maximum Gasteiger partial charge on any atom is 0.343 e. The molecule has 2 saturated heterocycles. The van der Waals surface area contributed by atoms with Gasteiger partial charge >= 0.3 is 11.9 Å². The zero-order valence-corrected chi connectivity index (χ0v) is 30.3. The molecule has 0 spiro atoms. The summed E-state index contributed by atoms with van der Waals surface area (Å²) in [5.41, 5.74) is 5.14. The van der Waals surface area contributed by atoms with Gasteiger partial charge in [-0.25, -0.2) is 9.59 Å². The first kappa shape index (κ1) is 35.7. The van der Waals surface area contributed by atoms with E-state index in [1.54, 1.807) is 24.3 Å². The number of esters is 2. The number of hydrogen-bond acceptors (Lipinski definition) is 8. The summed E-state index contributed by atoms with van der Waals surface area (Å²) >= 11 is 0. The van der Waals surface area contributed by atoms with Crippen molar-refractivity contribution < 1.29 is 38.0 Å². The summed E-state index contributed by atoms with van der Waals surface area (Å²) < 4.78 is 34.0. The van der Waals surface area contributed by atoms with Crippen molar-refractivity contribution in [1.82, 2.24) is 0 Å². The number of carbonyl (C=O) groups excluding carboxylic acids is 2. The first-order valence-electron chi connectivity index (χ1n) is 18.7. The number of rotatable bonds is 18. The van der Waals surface area contributed by atoms with E-state index >= 15 is 0 Å². The lowest BCUT2D eigenvalue weighted by molar-refractivity contribution is 0.0725. The topological polar surface area (TPSA) is 96.1 Å². The number of hydrogen-bond donors (Lipinski definition) is 0. The van der Waals surface area contributed by atoms with Gasteiger partial charge < -0.3 is 28.4 Å². The Labute approximate surface area is 306 Å². The Kier molecular flexibility index (Phi) is 11.2. The maximum atomic E-state index is 13.0. The van der Waals surface area contributed by atoms with Gasteiger partial charge in [0, 0.05) is 5.92 Å². The van der Waals surface area contributed by atoms with Gasteiger partial charge in [0.2, 0.25) is 0 Å². The second-order valence-corrected chi connectivity index (χ2v) is 14.6. The van der Waals surface area contributed by atoms with Gasteiger partial charge in [-0.1, -0.05) is 32.9 Å². The number of benzene rings is 4. The van der Waals surface area contributed by atoms with Gasteiger partial charge in [0.25, 0.3) is 0 Å². The lowest BCUT2D eigenvalue weighted by atomic mass is 9.99. The van der Waals surface area contributed by atoms with E-state index in [1.807, 2.05) is 60.7 Å². The molecule has 4 aromatic rings. The van der Waals surface area contributed by atoms with Crippen molar-refractivity contribution in [3.8, 4) is 34.1 Å². The lowest BCUT2D eigenvalue weighted by Gasteiger charge is -2.12. The number of fused-ring (bicyclic) bond motifs is 3. The molecule has 52 heavy (non-hydrogen) atoms. The number of epoxide rings is 2. The van der Waals surface area contributed by atoms with Gasteiger partial charge in [-0.05, 0) is 145 Å². The summed E-state index contributed by atoms with van der Waals surface area (Å²) in [6.45, 7) is 9.67. The summed E-state index contributed by atoms with van der Waals surface area (Å²) in [6, 6.07) is 25.6. The summed E-state index contributed by atoms with van der Waals surface area (Å²) in [5.74, 6) is 2.75. The number of carbonyl (C=O) groups is 2. The van der Waals surface area contributed by atoms with Gasteiger partial charge in [-0.15, -0.1) is 0 Å². The Bertz CT molecular complexity index is 1710. The standard InChI is InChI=1S/C44H48O8/c1-28(4-10-37-26-49-37)20-22-47-33-12-6-31(7-13-33)43(45)51-35-16-18-39-40-19-17-36(25-42(40)30(3)41(39)24-35)52-44(46)32-8-14-34(15-9-32)48-23-21-29(2)5-11-38-27-50-38/h6-9,12-19,24-25,28-30,37-38H,4-5,10-11,20-23,26-27H2,1-3H3. The first-order chi connectivity index (χ1) is 25.3. The highest BCUT2D eigenvalue weighted by Crippen LogP contribution is 2.47. The van der Waals surface area contributed by atoms with Gasteiger partial charge in [-0.3, -0.25) is 0 Å². The fraction of sp³-hybridized carbons (Fsp3) is 0.409. The molecular formula is C44H48O8. The Hall–Kier alpha value is -4.66. The van der Waals surface area contributed by atoms with Crippen molar-refractivity contribution in [2.75, 3.05) is 26.4 Å². The van der Waals surface area contributed by atoms with Crippen LogP contribution in [-0.2, 0) is 9.47 Å². The molecule has 0 aromatic heterocycles. The quantitative estimate of drug-likeness (QED) is 0.0574. The molecule has 0 saturated carbocycles. The molecule has 0 bridgehead atoms. The van der Waals surface area contributed by atoms with Crippen molar-refractivity contribution in [1.29, 1.82) is 0 Å². The summed E-state index contributed by atoms with van der Waals surface area (Å²) in [6.07, 6.45) is 7.43. The average Bonchev–Trinajstić information content (AvgIpc) is 4.10. The summed E-state index contributed by atoms with van der Waals surface area (Å²) in [7, 11) is 0. The van der Waals surface area contributed by atoms with E-state index in [-0.39, 0.29) is 5.92 Å². The lowest BCUT2D eigenvalue weighted by Crippen LogP contribution is -2.09. The molecule has 272 valence electrons. The zero-order chi connectivity index (χ0) is 36.0. The van der Waals surface area contributed by atoms with E-state index in [4.69, 9.17) is 28.4 Å². The molecule has 0 N–H and O–H groups in total. The summed E-state index contributed by atoms with van der Waals surface area (Å²) in [4.78, 5) is 26.0. The van der Waals surface area contributed by atoms with E-state index in [0.29, 0.717) is 59.9 Å². The van der Waals surface area contributed by atoms with Crippen molar-refractivity contribution in [3.05, 3.63) is 107 Å². The van der Waals surface area contributed by atoms with Crippen LogP contribution >= 0.6 is 0 Å². The highest BCUT2D eigenvalue weighted by Gasteiger charge is 2.28. The van der Waals surface area contributed by atoms with Crippen LogP contribution in [0.1, 0.15) is 97.1 Å². The first-order valence-corrected chi connectivity index (χ1v) is 18.7. The van der Waals surface area contributed by atoms with Crippen molar-refractivity contribution in [2.45, 2.75) is 77.4 Å². The molecule has 4 atom stereocenters. The van der Waals surface area contributed by atoms with Crippen molar-refractivity contribution >= 4 is 11.9 Å². The minimum absolute atomic E-state index is 0.0182. The van der Waals surface area contributed by atoms with E-state index in [0.717, 1.165) is 85.5 Å². The molecule has 2 fully saturated rings. The molecule has 0 amide bonds. The molecular weight excluding hydrogens is 656 g/mol. The van der Waals surface area contributed by atoms with Crippen molar-refractivity contribution in [3.63, 3.8) is 0 Å². The van der Waals surface area contributed by atoms with Crippen LogP contribution in [0.15, 0.2) is 84.9 Å². The fourth-order valence-electron chi connectivity index (χ4n) is 6.74. The molecule has 0 radical (unpaired) electrons. The van der Waals surface area contributed by atoms with Crippen LogP contribution in [0.25, 0.3) is 11.1 Å². The van der Waals surface area contributed by atoms with E-state index in [1.165, 1.54) is 0 Å². The van der Waals surface area contributed by atoms with Crippen LogP contribution in [-0.4, -0.2) is 50.6 Å². The number of ether oxygens (including phenoxy) is 6. The Morgan fingerprint density at radius 3 is 1.37 bits per heavy atom. The second kappa shape index (κ2) is 16.3. The molecule has 7 rings (SSSR count). The molecule has 3 aliphatic rings. The summed E-state index contributed by atoms with van der Waals surface area (Å²) in [5, 5.41) is 0. The van der Waals surface area contributed by atoms with Gasteiger partial charge in [0.1, 0.15) is 23.0 Å². The van der Waals surface area contributed by atoms with Crippen LogP contribution in [0.3, 0.4) is 0 Å². The fourth-order valence-corrected chi connectivity index (χ4v) is 6.74. The largest absolute Gasteiger partial charge is 0.494 e. The predicted octanol–water partition coefficient (Wildman–Crippen LogP) is 9.43. The SMILES string of the molecule is CC(CCOc1ccc(C(=O)Oc2ccc3c(c2)C(C)c2cc(OC(=O)c4ccc(OCCC(C)CCC5CO5)cc4)ccc2-3)cc1)CCC1CO1. The molecule has 4 aromatic carbocycles. The van der Waals surface area contributed by atoms with Crippen LogP contribution in [0.4, 0.5) is 0 Å². The third kappa shape index (κ3) is 9.41. The highest BCUT2D eigenvalue weighted by molar-refractivity contribution is 5.92. The van der Waals surface area contributed by atoms with E-state index in [2.05, 4.69) is 20.8 Å². The van der Waals surface area contributed by atoms with Gasteiger partial charge in [0.05, 0.1) is 49.8 Å². The smallest absolute Gasteiger partial charge is 0.343 e. The third-order valence-electron chi connectivity index (χ3n) is 10.4. The van der Waals surface area contributed by atoms with Crippen LogP contribution < -0.4 is 18.9 Å². The molecule has 4 unspecified atom stereocenters. The van der Waals surface area contributed by atoms with Crippen LogP contribution in [0, 0.1) is 11.8 Å². The molecule has 8 heteroatoms. The van der Waals surface area contributed by atoms with Gasteiger partial charge in [0.15, 0.2) is 0 Å². The predicted molar refractivity (Wildman–Crippen MR) is 199 cm³/mol. The van der Waals surface area contributed by atoms with Gasteiger partial charge in [-0.2, -0.15) is 0 Å². The minimum Gasteiger partial charge on any atom is -0.494 e. The maximum absolute atomic E-state index is 13.0. The van der Waals surface area contributed by atoms with E-state index < -0.39 is 11.9 Å². The minimum atomic E-state index is -0.427. The Morgan fingerprint density at radius 2 is 0.981 bits per heavy atom. The molecule has 2 aliphatic heterocycles. The van der Waals surface area contributed by atoms with Crippen molar-refractivity contribution in [2.24, 2.45) is 11.8 Å². The molecule has 1 aliphatic carbocycles. The average molecular weight is 705 g/mol. The monoisotopic (exact) mass is 704 g/mol. The third-order valence-corrected chi connectivity index (χ3v) is 10.4. The van der Waals surface area contributed by atoms with E-state index in [9.17, 15) is 9.59 Å². The Balaban J connectivity index is 0.888. The zero-order valence-electron chi connectivity index (χ0n) is 30.3. The van der Waals surface area contributed by atoms with Crippen LogP contribution in [0.5, 0.6) is 23.0 Å². The molecule has 8 nitrogen and oxygen atoms in total. The molecule has 2 heterocycles. The Morgan fingerprint density at radius 1 is 0.596 bits per heavy atom.